The Hall–Kier alpha value is -3.78. The molecule has 0 radical (unpaired) electrons. The van der Waals surface area contributed by atoms with Gasteiger partial charge in [-0.15, -0.1) is 0 Å². The summed E-state index contributed by atoms with van der Waals surface area (Å²) in [4.78, 5) is 25.3. The molecule has 1 aliphatic heterocycles. The van der Waals surface area contributed by atoms with E-state index in [1.165, 1.54) is 18.3 Å². The lowest BCUT2D eigenvalue weighted by molar-refractivity contribution is -0.121. The van der Waals surface area contributed by atoms with Crippen molar-refractivity contribution in [3.8, 4) is 11.3 Å². The number of carbonyl (C=O) groups excluding carboxylic acids is 2. The third-order valence-electron chi connectivity index (χ3n) is 5.89. The van der Waals surface area contributed by atoms with Gasteiger partial charge in [0.1, 0.15) is 5.82 Å². The van der Waals surface area contributed by atoms with Gasteiger partial charge < -0.3 is 15.7 Å². The fraction of sp³-hybridized carbons (Fsp3) is 0.269. The number of nitrogens with one attached hydrogen (secondary N) is 2. The molecule has 3 N–H and O–H groups in total. The second-order valence-electron chi connectivity index (χ2n) is 8.66. The third kappa shape index (κ3) is 5.07. The van der Waals surface area contributed by atoms with E-state index in [9.17, 15) is 19.1 Å². The quantitative estimate of drug-likeness (QED) is 0.519. The monoisotopic (exact) mass is 462 g/mol. The van der Waals surface area contributed by atoms with E-state index >= 15 is 0 Å². The summed E-state index contributed by atoms with van der Waals surface area (Å²) >= 11 is 0. The van der Waals surface area contributed by atoms with Crippen LogP contribution in [0.5, 0.6) is 0 Å². The summed E-state index contributed by atoms with van der Waals surface area (Å²) in [5.41, 5.74) is 5.08. The average molecular weight is 463 g/mol. The standard InChI is InChI=1S/C26H27FN4O3/c1-15-4-5-19(24-10-16(2)31(30-24)14-17(3)32)11-23(15)29-26(34)22-13-28-25(33)12-21(22)18-6-8-20(27)9-7-18/h4-11,13,17,21,32H,12,14H2,1-3H3,(H,28,33)(H,29,34)/t17?,21-/m0/s1. The van der Waals surface area contributed by atoms with Crippen molar-refractivity contribution in [2.45, 2.75) is 45.8 Å². The zero-order valence-corrected chi connectivity index (χ0v) is 19.3. The molecule has 2 aromatic carbocycles. The van der Waals surface area contributed by atoms with Crippen LogP contribution >= 0.6 is 0 Å². The molecule has 4 rings (SSSR count). The summed E-state index contributed by atoms with van der Waals surface area (Å²) in [5, 5.41) is 19.9. The highest BCUT2D eigenvalue weighted by atomic mass is 19.1. The number of nitrogens with zero attached hydrogens (tertiary/aromatic N) is 2. The van der Waals surface area contributed by atoms with Crippen LogP contribution in [0.15, 0.2) is 60.3 Å². The van der Waals surface area contributed by atoms with E-state index in [-0.39, 0.29) is 24.1 Å². The van der Waals surface area contributed by atoms with E-state index in [0.717, 1.165) is 22.5 Å². The number of hydrogen-bond acceptors (Lipinski definition) is 4. The molecule has 176 valence electrons. The van der Waals surface area contributed by atoms with Gasteiger partial charge in [0.05, 0.1) is 18.3 Å². The summed E-state index contributed by atoms with van der Waals surface area (Å²) < 4.78 is 15.1. The number of carbonyl (C=O) groups is 2. The molecule has 0 bridgehead atoms. The molecule has 0 aliphatic carbocycles. The van der Waals surface area contributed by atoms with Crippen LogP contribution in [0.3, 0.4) is 0 Å². The van der Waals surface area contributed by atoms with Crippen molar-refractivity contribution in [1.82, 2.24) is 15.1 Å². The number of aliphatic hydroxyl groups excluding tert-OH is 1. The molecule has 1 aliphatic rings. The maximum absolute atomic E-state index is 13.4. The fourth-order valence-electron chi connectivity index (χ4n) is 4.03. The number of halogens is 1. The largest absolute Gasteiger partial charge is 0.391 e. The van der Waals surface area contributed by atoms with Gasteiger partial charge in [-0.05, 0) is 56.2 Å². The first-order valence-corrected chi connectivity index (χ1v) is 11.1. The number of aromatic nitrogens is 2. The molecule has 0 fully saturated rings. The number of amides is 2. The van der Waals surface area contributed by atoms with Gasteiger partial charge in [-0.2, -0.15) is 5.10 Å². The number of aliphatic hydroxyl groups is 1. The van der Waals surface area contributed by atoms with Crippen LogP contribution in [0.4, 0.5) is 10.1 Å². The minimum Gasteiger partial charge on any atom is -0.391 e. The third-order valence-corrected chi connectivity index (χ3v) is 5.89. The van der Waals surface area contributed by atoms with Crippen molar-refractivity contribution in [2.24, 2.45) is 0 Å². The van der Waals surface area contributed by atoms with Crippen molar-refractivity contribution in [1.29, 1.82) is 0 Å². The maximum Gasteiger partial charge on any atom is 0.253 e. The Kier molecular flexibility index (Phi) is 6.61. The van der Waals surface area contributed by atoms with Crippen molar-refractivity contribution < 1.29 is 19.1 Å². The average Bonchev–Trinajstić information content (AvgIpc) is 3.15. The molecule has 2 amide bonds. The molecule has 1 aromatic heterocycles. The molecule has 2 atom stereocenters. The number of hydrogen-bond donors (Lipinski definition) is 3. The van der Waals surface area contributed by atoms with E-state index in [0.29, 0.717) is 23.4 Å². The van der Waals surface area contributed by atoms with Crippen LogP contribution in [0.1, 0.15) is 36.1 Å². The first-order valence-electron chi connectivity index (χ1n) is 11.1. The van der Waals surface area contributed by atoms with Crippen LogP contribution in [-0.4, -0.2) is 32.8 Å². The molecule has 3 aromatic rings. The predicted octanol–water partition coefficient (Wildman–Crippen LogP) is 3.81. The van der Waals surface area contributed by atoms with Gasteiger partial charge in [-0.1, -0.05) is 24.3 Å². The zero-order valence-electron chi connectivity index (χ0n) is 19.3. The Bertz CT molecular complexity index is 1260. The molecule has 1 unspecified atom stereocenters. The molecule has 34 heavy (non-hydrogen) atoms. The molecular weight excluding hydrogens is 435 g/mol. The summed E-state index contributed by atoms with van der Waals surface area (Å²) in [6.45, 7) is 5.92. The lowest BCUT2D eigenvalue weighted by atomic mass is 9.86. The van der Waals surface area contributed by atoms with Crippen LogP contribution in [0, 0.1) is 19.7 Å². The number of aryl methyl sites for hydroxylation is 2. The number of rotatable bonds is 6. The predicted molar refractivity (Wildman–Crippen MR) is 127 cm³/mol. The summed E-state index contributed by atoms with van der Waals surface area (Å²) in [5.74, 6) is -1.40. The van der Waals surface area contributed by atoms with Crippen LogP contribution in [0.2, 0.25) is 0 Å². The normalized spacial score (nSPS) is 16.6. The van der Waals surface area contributed by atoms with E-state index in [1.807, 2.05) is 38.1 Å². The highest BCUT2D eigenvalue weighted by molar-refractivity contribution is 6.07. The van der Waals surface area contributed by atoms with Gasteiger partial charge in [-0.3, -0.25) is 14.3 Å². The highest BCUT2D eigenvalue weighted by Gasteiger charge is 2.29. The molecule has 7 nitrogen and oxygen atoms in total. The van der Waals surface area contributed by atoms with Crippen molar-refractivity contribution in [2.75, 3.05) is 5.32 Å². The molecule has 2 heterocycles. The van der Waals surface area contributed by atoms with E-state index in [2.05, 4.69) is 15.7 Å². The Morgan fingerprint density at radius 3 is 2.68 bits per heavy atom. The second kappa shape index (κ2) is 9.61. The Labute approximate surface area is 197 Å². The van der Waals surface area contributed by atoms with E-state index < -0.39 is 12.0 Å². The minimum absolute atomic E-state index is 0.101. The SMILES string of the molecule is Cc1ccc(-c2cc(C)n(CC(C)O)n2)cc1NC(=O)C1=CNC(=O)C[C@H]1c1ccc(F)cc1. The molecule has 8 heteroatoms. The Morgan fingerprint density at radius 1 is 1.24 bits per heavy atom. The molecular formula is C26H27FN4O3. The van der Waals surface area contributed by atoms with Crippen LogP contribution < -0.4 is 10.6 Å². The molecule has 0 saturated heterocycles. The fourth-order valence-corrected chi connectivity index (χ4v) is 4.03. The lowest BCUT2D eigenvalue weighted by Crippen LogP contribution is -2.32. The van der Waals surface area contributed by atoms with Gasteiger partial charge in [0.25, 0.3) is 5.91 Å². The van der Waals surface area contributed by atoms with Gasteiger partial charge in [0.15, 0.2) is 0 Å². The highest BCUT2D eigenvalue weighted by Crippen LogP contribution is 2.32. The summed E-state index contributed by atoms with van der Waals surface area (Å²) in [7, 11) is 0. The zero-order chi connectivity index (χ0) is 24.4. The van der Waals surface area contributed by atoms with Crippen molar-refractivity contribution in [3.05, 3.63) is 82.9 Å². The lowest BCUT2D eigenvalue weighted by Gasteiger charge is -2.24. The van der Waals surface area contributed by atoms with Crippen LogP contribution in [-0.2, 0) is 16.1 Å². The van der Waals surface area contributed by atoms with Crippen molar-refractivity contribution >= 4 is 17.5 Å². The molecule has 0 spiro atoms. The Balaban J connectivity index is 1.60. The first kappa shape index (κ1) is 23.4. The van der Waals surface area contributed by atoms with Crippen molar-refractivity contribution in [3.63, 3.8) is 0 Å². The summed E-state index contributed by atoms with van der Waals surface area (Å²) in [6, 6.07) is 13.5. The van der Waals surface area contributed by atoms with E-state index in [1.54, 1.807) is 23.7 Å². The van der Waals surface area contributed by atoms with Gasteiger partial charge in [0, 0.05) is 41.1 Å². The minimum atomic E-state index is -0.516. The Morgan fingerprint density at radius 2 is 1.97 bits per heavy atom. The van der Waals surface area contributed by atoms with Gasteiger partial charge in [0.2, 0.25) is 5.91 Å². The van der Waals surface area contributed by atoms with Gasteiger partial charge >= 0.3 is 0 Å². The number of benzene rings is 2. The topological polar surface area (TPSA) is 96.2 Å². The van der Waals surface area contributed by atoms with E-state index in [4.69, 9.17) is 0 Å². The first-order chi connectivity index (χ1) is 16.2. The second-order valence-corrected chi connectivity index (χ2v) is 8.66. The van der Waals surface area contributed by atoms with Crippen LogP contribution in [0.25, 0.3) is 11.3 Å². The smallest absolute Gasteiger partial charge is 0.253 e. The van der Waals surface area contributed by atoms with Gasteiger partial charge in [-0.25, -0.2) is 4.39 Å². The molecule has 0 saturated carbocycles. The number of anilines is 1. The maximum atomic E-state index is 13.4. The summed E-state index contributed by atoms with van der Waals surface area (Å²) in [6.07, 6.45) is 1.01.